The lowest BCUT2D eigenvalue weighted by molar-refractivity contribution is -0.152. The molecule has 9 nitrogen and oxygen atoms in total. The lowest BCUT2D eigenvalue weighted by Gasteiger charge is -2.32. The number of nitrogens with one attached hydrogen (secondary N) is 2. The van der Waals surface area contributed by atoms with E-state index >= 15 is 0 Å². The fourth-order valence-electron chi connectivity index (χ4n) is 2.97. The van der Waals surface area contributed by atoms with Crippen molar-refractivity contribution in [3.63, 3.8) is 0 Å². The number of hydrogen-bond acceptors (Lipinski definition) is 6. The van der Waals surface area contributed by atoms with E-state index in [9.17, 15) is 22.8 Å². The summed E-state index contributed by atoms with van der Waals surface area (Å²) in [6.07, 6.45) is 3.30. The second-order valence-corrected chi connectivity index (χ2v) is 8.60. The lowest BCUT2D eigenvalue weighted by Crippen LogP contribution is -2.49. The van der Waals surface area contributed by atoms with Crippen LogP contribution in [0.3, 0.4) is 0 Å². The molecule has 160 valence electrons. The molecule has 1 aromatic carbocycles. The van der Waals surface area contributed by atoms with Crippen molar-refractivity contribution in [2.24, 2.45) is 0 Å². The van der Waals surface area contributed by atoms with Crippen LogP contribution >= 0.6 is 0 Å². The summed E-state index contributed by atoms with van der Waals surface area (Å²) in [4.78, 5) is 35.9. The number of unbranched alkanes of at least 4 members (excludes halogenated alkanes) is 1. The number of nitrogens with zero attached hydrogens (tertiary/aromatic N) is 1. The molecule has 2 N–H and O–H groups in total. The standard InChI is InChI=1S/C19H27N3O6S/c1-2-3-12-20-19(25)21-17(23)14-28-18(24)16-11-7-8-13-22(16)29(26,27)15-9-5-4-6-10-15/h4-6,9-10,16H,2-3,7-8,11-14H2,1H3,(H2,20,21,23,25). The monoisotopic (exact) mass is 425 g/mol. The van der Waals surface area contributed by atoms with Crippen LogP contribution in [0.25, 0.3) is 0 Å². The molecule has 1 aromatic rings. The Morgan fingerprint density at radius 2 is 1.90 bits per heavy atom. The van der Waals surface area contributed by atoms with E-state index in [1.807, 2.05) is 6.92 Å². The first kappa shape index (κ1) is 22.8. The summed E-state index contributed by atoms with van der Waals surface area (Å²) in [5, 5.41) is 4.58. The van der Waals surface area contributed by atoms with Crippen molar-refractivity contribution in [3.8, 4) is 0 Å². The predicted molar refractivity (Wildman–Crippen MR) is 105 cm³/mol. The Bertz CT molecular complexity index is 812. The van der Waals surface area contributed by atoms with E-state index in [4.69, 9.17) is 4.74 Å². The summed E-state index contributed by atoms with van der Waals surface area (Å²) >= 11 is 0. The highest BCUT2D eigenvalue weighted by atomic mass is 32.2. The van der Waals surface area contributed by atoms with Gasteiger partial charge in [-0.2, -0.15) is 4.31 Å². The Morgan fingerprint density at radius 1 is 1.17 bits per heavy atom. The Balaban J connectivity index is 1.94. The summed E-state index contributed by atoms with van der Waals surface area (Å²) in [7, 11) is -3.86. The Hall–Kier alpha value is -2.46. The molecule has 1 aliphatic rings. The third kappa shape index (κ3) is 6.53. The number of piperidine rings is 1. The molecule has 2 rings (SSSR count). The first-order chi connectivity index (χ1) is 13.9. The van der Waals surface area contributed by atoms with Crippen molar-refractivity contribution in [1.82, 2.24) is 14.9 Å². The zero-order valence-electron chi connectivity index (χ0n) is 16.4. The normalized spacial score (nSPS) is 17.3. The van der Waals surface area contributed by atoms with Crippen LogP contribution in [0.1, 0.15) is 39.0 Å². The van der Waals surface area contributed by atoms with Crippen LogP contribution in [-0.2, 0) is 24.3 Å². The number of amides is 3. The molecule has 0 aliphatic carbocycles. The minimum Gasteiger partial charge on any atom is -0.454 e. The molecule has 0 saturated carbocycles. The molecular weight excluding hydrogens is 398 g/mol. The van der Waals surface area contributed by atoms with E-state index in [1.54, 1.807) is 18.2 Å². The molecule has 10 heteroatoms. The summed E-state index contributed by atoms with van der Waals surface area (Å²) in [6, 6.07) is 6.21. The molecule has 1 unspecified atom stereocenters. The fourth-order valence-corrected chi connectivity index (χ4v) is 4.64. The number of hydrogen-bond donors (Lipinski definition) is 2. The van der Waals surface area contributed by atoms with E-state index in [0.717, 1.165) is 17.1 Å². The zero-order chi connectivity index (χ0) is 21.3. The van der Waals surface area contributed by atoms with Crippen LogP contribution in [0.2, 0.25) is 0 Å². The van der Waals surface area contributed by atoms with Crippen molar-refractivity contribution in [3.05, 3.63) is 30.3 Å². The van der Waals surface area contributed by atoms with Gasteiger partial charge in [0.2, 0.25) is 10.0 Å². The second-order valence-electron chi connectivity index (χ2n) is 6.71. The average molecular weight is 426 g/mol. The number of imide groups is 1. The van der Waals surface area contributed by atoms with Crippen LogP contribution in [0, 0.1) is 0 Å². The highest BCUT2D eigenvalue weighted by Gasteiger charge is 2.38. The number of benzene rings is 1. The van der Waals surface area contributed by atoms with Gasteiger partial charge in [-0.25, -0.2) is 13.2 Å². The lowest BCUT2D eigenvalue weighted by atomic mass is 10.1. The van der Waals surface area contributed by atoms with Gasteiger partial charge in [0, 0.05) is 13.1 Å². The maximum Gasteiger partial charge on any atom is 0.324 e. The van der Waals surface area contributed by atoms with Gasteiger partial charge >= 0.3 is 12.0 Å². The topological polar surface area (TPSA) is 122 Å². The summed E-state index contributed by atoms with van der Waals surface area (Å²) in [6.45, 7) is 1.94. The molecule has 0 spiro atoms. The van der Waals surface area contributed by atoms with Gasteiger partial charge in [0.15, 0.2) is 6.61 Å². The van der Waals surface area contributed by atoms with Gasteiger partial charge in [0.05, 0.1) is 4.90 Å². The highest BCUT2D eigenvalue weighted by Crippen LogP contribution is 2.26. The number of ether oxygens (including phenoxy) is 1. The zero-order valence-corrected chi connectivity index (χ0v) is 17.2. The fraction of sp³-hybridized carbons (Fsp3) is 0.526. The quantitative estimate of drug-likeness (QED) is 0.480. The molecule has 0 aromatic heterocycles. The number of carbonyl (C=O) groups is 3. The molecule has 29 heavy (non-hydrogen) atoms. The van der Waals surface area contributed by atoms with Crippen molar-refractivity contribution >= 4 is 27.9 Å². The molecule has 1 heterocycles. The minimum atomic E-state index is -3.86. The smallest absolute Gasteiger partial charge is 0.324 e. The number of sulfonamides is 1. The van der Waals surface area contributed by atoms with E-state index < -0.39 is 40.6 Å². The average Bonchev–Trinajstić information content (AvgIpc) is 2.73. The van der Waals surface area contributed by atoms with Crippen LogP contribution in [0.4, 0.5) is 4.79 Å². The van der Waals surface area contributed by atoms with Gasteiger partial charge < -0.3 is 10.1 Å². The van der Waals surface area contributed by atoms with E-state index in [-0.39, 0.29) is 11.4 Å². The molecule has 1 fully saturated rings. The summed E-state index contributed by atoms with van der Waals surface area (Å²) in [5.74, 6) is -1.58. The van der Waals surface area contributed by atoms with E-state index in [1.165, 1.54) is 12.1 Å². The first-order valence-corrected chi connectivity index (χ1v) is 11.1. The number of urea groups is 1. The number of rotatable bonds is 8. The number of carbonyl (C=O) groups excluding carboxylic acids is 3. The van der Waals surface area contributed by atoms with Crippen LogP contribution in [0.15, 0.2) is 35.2 Å². The van der Waals surface area contributed by atoms with Gasteiger partial charge in [0.25, 0.3) is 5.91 Å². The second kappa shape index (κ2) is 10.9. The molecule has 1 aliphatic heterocycles. The molecule has 0 radical (unpaired) electrons. The van der Waals surface area contributed by atoms with Crippen molar-refractivity contribution < 1.29 is 27.5 Å². The van der Waals surface area contributed by atoms with Gasteiger partial charge in [-0.3, -0.25) is 14.9 Å². The third-order valence-corrected chi connectivity index (χ3v) is 6.41. The predicted octanol–water partition coefficient (Wildman–Crippen LogP) is 1.40. The molecule has 0 bridgehead atoms. The minimum absolute atomic E-state index is 0.0983. The molecule has 3 amide bonds. The van der Waals surface area contributed by atoms with Gasteiger partial charge in [-0.1, -0.05) is 31.5 Å². The van der Waals surface area contributed by atoms with Gasteiger partial charge in [-0.05, 0) is 37.8 Å². The van der Waals surface area contributed by atoms with Crippen molar-refractivity contribution in [2.45, 2.75) is 50.0 Å². The van der Waals surface area contributed by atoms with Crippen LogP contribution in [0.5, 0.6) is 0 Å². The highest BCUT2D eigenvalue weighted by molar-refractivity contribution is 7.89. The van der Waals surface area contributed by atoms with Crippen LogP contribution < -0.4 is 10.6 Å². The van der Waals surface area contributed by atoms with Crippen molar-refractivity contribution in [1.29, 1.82) is 0 Å². The number of esters is 1. The SMILES string of the molecule is CCCCNC(=O)NC(=O)COC(=O)C1CCCCN1S(=O)(=O)c1ccccc1. The van der Waals surface area contributed by atoms with Gasteiger partial charge in [0.1, 0.15) is 6.04 Å². The Kier molecular flexibility index (Phi) is 8.59. The first-order valence-electron chi connectivity index (χ1n) is 9.67. The Morgan fingerprint density at radius 3 is 2.59 bits per heavy atom. The van der Waals surface area contributed by atoms with Gasteiger partial charge in [-0.15, -0.1) is 0 Å². The maximum atomic E-state index is 12.9. The third-order valence-electron chi connectivity index (χ3n) is 4.49. The van der Waals surface area contributed by atoms with E-state index in [2.05, 4.69) is 10.6 Å². The van der Waals surface area contributed by atoms with Crippen molar-refractivity contribution in [2.75, 3.05) is 19.7 Å². The van der Waals surface area contributed by atoms with Crippen LogP contribution in [-0.4, -0.2) is 56.4 Å². The Labute approximate surface area is 170 Å². The molecule has 1 atom stereocenters. The summed E-state index contributed by atoms with van der Waals surface area (Å²) in [5.41, 5.74) is 0. The largest absolute Gasteiger partial charge is 0.454 e. The van der Waals surface area contributed by atoms with E-state index in [0.29, 0.717) is 25.8 Å². The molecular formula is C19H27N3O6S. The molecule has 1 saturated heterocycles. The summed E-state index contributed by atoms with van der Waals surface area (Å²) < 4.78 is 31.9. The maximum absolute atomic E-state index is 12.9.